The second-order valence-corrected chi connectivity index (χ2v) is 5.49. The summed E-state index contributed by atoms with van der Waals surface area (Å²) in [5, 5.41) is 23.6. The number of aromatic nitrogens is 2. The highest BCUT2D eigenvalue weighted by Gasteiger charge is 2.22. The van der Waals surface area contributed by atoms with Crippen molar-refractivity contribution in [2.75, 3.05) is 5.32 Å². The number of hydrogen-bond acceptors (Lipinski definition) is 5. The minimum atomic E-state index is -0.496. The molecule has 0 bridgehead atoms. The van der Waals surface area contributed by atoms with Gasteiger partial charge in [-0.15, -0.1) is 0 Å². The molecule has 0 unspecified atom stereocenters. The van der Waals surface area contributed by atoms with Crippen LogP contribution in [0.15, 0.2) is 60.9 Å². The maximum Gasteiger partial charge on any atom is 0.293 e. The molecule has 1 heterocycles. The number of imidazole rings is 1. The molecule has 25 heavy (non-hydrogen) atoms. The van der Waals surface area contributed by atoms with Crippen molar-refractivity contribution in [2.24, 2.45) is 7.05 Å². The number of hydrogen-bond donors (Lipinski definition) is 1. The average Bonchev–Trinajstić information content (AvgIpc) is 3.06. The van der Waals surface area contributed by atoms with Gasteiger partial charge in [-0.1, -0.05) is 30.3 Å². The molecule has 0 saturated heterocycles. The van der Waals surface area contributed by atoms with E-state index >= 15 is 0 Å². The molecule has 3 aromatic rings. The maximum atomic E-state index is 11.4. The molecule has 0 aliphatic rings. The van der Waals surface area contributed by atoms with E-state index in [9.17, 15) is 10.1 Å². The number of aryl methyl sites for hydroxylation is 1. The molecule has 0 aliphatic carbocycles. The molecule has 0 fully saturated rings. The third-order valence-corrected chi connectivity index (χ3v) is 3.87. The molecule has 3 rings (SSSR count). The monoisotopic (exact) mass is 333 g/mol. The van der Waals surface area contributed by atoms with Gasteiger partial charge in [-0.05, 0) is 17.7 Å². The van der Waals surface area contributed by atoms with E-state index in [1.165, 1.54) is 6.07 Å². The Bertz CT molecular complexity index is 944. The van der Waals surface area contributed by atoms with Crippen molar-refractivity contribution in [1.29, 1.82) is 5.26 Å². The van der Waals surface area contributed by atoms with Crippen molar-refractivity contribution in [1.82, 2.24) is 9.55 Å². The Kier molecular flexibility index (Phi) is 4.44. The second kappa shape index (κ2) is 6.84. The maximum absolute atomic E-state index is 11.4. The summed E-state index contributed by atoms with van der Waals surface area (Å²) in [6, 6.07) is 15.5. The van der Waals surface area contributed by atoms with Gasteiger partial charge in [0, 0.05) is 25.5 Å². The van der Waals surface area contributed by atoms with Gasteiger partial charge in [0.1, 0.15) is 17.6 Å². The van der Waals surface area contributed by atoms with Gasteiger partial charge < -0.3 is 9.88 Å². The van der Waals surface area contributed by atoms with Crippen LogP contribution < -0.4 is 5.32 Å². The fraction of sp³-hybridized carbons (Fsp3) is 0.111. The number of nitro benzene ring substituents is 1. The molecule has 1 aromatic heterocycles. The van der Waals surface area contributed by atoms with E-state index in [2.05, 4.69) is 10.3 Å². The van der Waals surface area contributed by atoms with Gasteiger partial charge in [0.25, 0.3) is 5.69 Å². The Morgan fingerprint density at radius 3 is 2.64 bits per heavy atom. The minimum Gasteiger partial charge on any atom is -0.366 e. The van der Waals surface area contributed by atoms with E-state index in [4.69, 9.17) is 5.26 Å². The molecule has 1 N–H and O–H groups in total. The molecule has 7 nitrogen and oxygen atoms in total. The summed E-state index contributed by atoms with van der Waals surface area (Å²) >= 11 is 0. The van der Waals surface area contributed by atoms with Crippen LogP contribution in [-0.2, 0) is 7.05 Å². The van der Waals surface area contributed by atoms with Gasteiger partial charge in [0.2, 0.25) is 0 Å². The third-order valence-electron chi connectivity index (χ3n) is 3.87. The van der Waals surface area contributed by atoms with Gasteiger partial charge in [0.15, 0.2) is 0 Å². The van der Waals surface area contributed by atoms with Crippen LogP contribution in [0.25, 0.3) is 0 Å². The average molecular weight is 333 g/mol. The van der Waals surface area contributed by atoms with E-state index in [0.717, 1.165) is 11.4 Å². The van der Waals surface area contributed by atoms with Crippen LogP contribution in [0.2, 0.25) is 0 Å². The Labute approximate surface area is 144 Å². The van der Waals surface area contributed by atoms with Crippen molar-refractivity contribution >= 4 is 11.4 Å². The summed E-state index contributed by atoms with van der Waals surface area (Å²) in [5.41, 5.74) is 1.36. The lowest BCUT2D eigenvalue weighted by Gasteiger charge is -2.20. The quantitative estimate of drug-likeness (QED) is 0.570. The van der Waals surface area contributed by atoms with E-state index < -0.39 is 4.92 Å². The summed E-state index contributed by atoms with van der Waals surface area (Å²) < 4.78 is 1.86. The zero-order valence-electron chi connectivity index (χ0n) is 13.5. The highest BCUT2D eigenvalue weighted by Crippen LogP contribution is 2.31. The number of nitriles is 1. The van der Waals surface area contributed by atoms with Gasteiger partial charge in [-0.25, -0.2) is 4.98 Å². The summed E-state index contributed by atoms with van der Waals surface area (Å²) in [6.07, 6.45) is 3.50. The number of anilines is 1. The van der Waals surface area contributed by atoms with Crippen molar-refractivity contribution in [3.05, 3.63) is 88.0 Å². The molecule has 7 heteroatoms. The molecular weight excluding hydrogens is 318 g/mol. The molecule has 0 spiro atoms. The Hall–Kier alpha value is -3.66. The minimum absolute atomic E-state index is 0.144. The predicted molar refractivity (Wildman–Crippen MR) is 92.9 cm³/mol. The van der Waals surface area contributed by atoms with Crippen molar-refractivity contribution in [3.8, 4) is 6.07 Å². The van der Waals surface area contributed by atoms with Gasteiger partial charge in [-0.2, -0.15) is 5.26 Å². The van der Waals surface area contributed by atoms with Crippen molar-refractivity contribution in [2.45, 2.75) is 6.04 Å². The Morgan fingerprint density at radius 2 is 2.04 bits per heavy atom. The molecule has 1 atom stereocenters. The normalized spacial score (nSPS) is 11.5. The lowest BCUT2D eigenvalue weighted by Crippen LogP contribution is -2.17. The molecule has 0 saturated carbocycles. The number of nitrogens with zero attached hydrogens (tertiary/aromatic N) is 4. The highest BCUT2D eigenvalue weighted by molar-refractivity contribution is 5.65. The Balaban J connectivity index is 2.07. The van der Waals surface area contributed by atoms with E-state index in [1.54, 1.807) is 18.3 Å². The van der Waals surface area contributed by atoms with Crippen LogP contribution in [0.3, 0.4) is 0 Å². The van der Waals surface area contributed by atoms with Crippen molar-refractivity contribution in [3.63, 3.8) is 0 Å². The molecule has 124 valence electrons. The van der Waals surface area contributed by atoms with Gasteiger partial charge in [0.05, 0.1) is 16.6 Å². The fourth-order valence-electron chi connectivity index (χ4n) is 2.63. The smallest absolute Gasteiger partial charge is 0.293 e. The number of benzene rings is 2. The predicted octanol–water partition coefficient (Wildman–Crippen LogP) is 3.40. The van der Waals surface area contributed by atoms with E-state index in [1.807, 2.05) is 54.2 Å². The standard InChI is InChI=1S/C18H15N5O2/c1-22-10-9-20-18(22)17(14-5-3-2-4-6-14)21-15-8-7-13(12-19)11-16(15)23(24)25/h2-11,17,21H,1H3/t17-/m1/s1. The zero-order valence-corrected chi connectivity index (χ0v) is 13.5. The van der Waals surface area contributed by atoms with Gasteiger partial charge >= 0.3 is 0 Å². The SMILES string of the molecule is Cn1ccnc1[C@H](Nc1ccc(C#N)cc1[N+](=O)[O-])c1ccccc1. The lowest BCUT2D eigenvalue weighted by atomic mass is 10.0. The topological polar surface area (TPSA) is 96.8 Å². The number of nitro groups is 1. The number of nitrogens with one attached hydrogen (secondary N) is 1. The van der Waals surface area contributed by atoms with Crippen LogP contribution in [0.1, 0.15) is 23.0 Å². The van der Waals surface area contributed by atoms with Crippen LogP contribution in [0.5, 0.6) is 0 Å². The first-order valence-electron chi connectivity index (χ1n) is 7.57. The first-order valence-corrected chi connectivity index (χ1v) is 7.57. The first-order chi connectivity index (χ1) is 12.1. The second-order valence-electron chi connectivity index (χ2n) is 5.49. The summed E-state index contributed by atoms with van der Waals surface area (Å²) in [6.45, 7) is 0. The third kappa shape index (κ3) is 3.33. The molecule has 0 radical (unpaired) electrons. The van der Waals surface area contributed by atoms with Crippen molar-refractivity contribution < 1.29 is 4.92 Å². The summed E-state index contributed by atoms with van der Waals surface area (Å²) in [5.74, 6) is 0.727. The fourth-order valence-corrected chi connectivity index (χ4v) is 2.63. The molecular formula is C18H15N5O2. The summed E-state index contributed by atoms with van der Waals surface area (Å²) in [7, 11) is 1.87. The van der Waals surface area contributed by atoms with E-state index in [-0.39, 0.29) is 17.3 Å². The molecule has 2 aromatic carbocycles. The summed E-state index contributed by atoms with van der Waals surface area (Å²) in [4.78, 5) is 15.3. The zero-order chi connectivity index (χ0) is 17.8. The van der Waals surface area contributed by atoms with Crippen LogP contribution in [0, 0.1) is 21.4 Å². The highest BCUT2D eigenvalue weighted by atomic mass is 16.6. The largest absolute Gasteiger partial charge is 0.366 e. The van der Waals surface area contributed by atoms with Crippen LogP contribution >= 0.6 is 0 Å². The molecule has 0 amide bonds. The van der Waals surface area contributed by atoms with E-state index in [0.29, 0.717) is 5.69 Å². The molecule has 0 aliphatic heterocycles. The van der Waals surface area contributed by atoms with Gasteiger partial charge in [-0.3, -0.25) is 10.1 Å². The lowest BCUT2D eigenvalue weighted by molar-refractivity contribution is -0.384. The van der Waals surface area contributed by atoms with Crippen LogP contribution in [0.4, 0.5) is 11.4 Å². The Morgan fingerprint density at radius 1 is 1.28 bits per heavy atom. The number of rotatable bonds is 5. The first kappa shape index (κ1) is 16.2. The van der Waals surface area contributed by atoms with Crippen LogP contribution in [-0.4, -0.2) is 14.5 Å².